The van der Waals surface area contributed by atoms with Crippen LogP contribution >= 0.6 is 23.5 Å². The maximum Gasteiger partial charge on any atom is 0.244 e. The summed E-state index contributed by atoms with van der Waals surface area (Å²) in [7, 11) is -1.74. The quantitative estimate of drug-likeness (QED) is 0.704. The Morgan fingerprint density at radius 1 is 1.45 bits per heavy atom. The van der Waals surface area contributed by atoms with Crippen molar-refractivity contribution in [2.75, 3.05) is 30.9 Å². The minimum absolute atomic E-state index is 0.278. The van der Waals surface area contributed by atoms with Crippen LogP contribution in [-0.2, 0) is 16.6 Å². The monoisotopic (exact) mass is 336 g/mol. The van der Waals surface area contributed by atoms with Crippen LogP contribution in [-0.4, -0.2) is 54.7 Å². The molecule has 0 radical (unpaired) electrons. The lowest BCUT2D eigenvalue weighted by molar-refractivity contribution is 0.579. The van der Waals surface area contributed by atoms with Crippen LogP contribution in [0.15, 0.2) is 4.90 Å². The molecule has 0 spiro atoms. The van der Waals surface area contributed by atoms with Crippen LogP contribution in [0, 0.1) is 6.92 Å². The lowest BCUT2D eigenvalue weighted by Gasteiger charge is -2.21. The average Bonchev–Trinajstić information content (AvgIpc) is 2.80. The van der Waals surface area contributed by atoms with Gasteiger partial charge in [-0.2, -0.15) is 28.6 Å². The van der Waals surface area contributed by atoms with Crippen molar-refractivity contribution in [3.05, 3.63) is 11.4 Å². The van der Waals surface area contributed by atoms with Crippen molar-refractivity contribution >= 4 is 33.5 Å². The molecule has 0 aromatic carbocycles. The number of nitrogens with zero attached hydrogens (tertiary/aromatic N) is 1. The number of sulfonamides is 1. The van der Waals surface area contributed by atoms with Gasteiger partial charge in [0.2, 0.25) is 10.0 Å². The number of aryl methyl sites for hydroxylation is 1. The molecule has 1 atom stereocenters. The molecule has 114 valence electrons. The first-order valence-corrected chi connectivity index (χ1v) is 10.1. The number of thioether (sulfide) groups is 2. The summed E-state index contributed by atoms with van der Waals surface area (Å²) in [5, 5.41) is 10.1. The number of rotatable bonds is 6. The molecule has 20 heavy (non-hydrogen) atoms. The first kappa shape index (κ1) is 16.2. The summed E-state index contributed by atoms with van der Waals surface area (Å²) in [5.74, 6) is 3.24. The highest BCUT2D eigenvalue weighted by Crippen LogP contribution is 2.24. The Hall–Kier alpha value is -0.220. The largest absolute Gasteiger partial charge is 0.314 e. The van der Waals surface area contributed by atoms with Gasteiger partial charge in [-0.05, 0) is 14.0 Å². The van der Waals surface area contributed by atoms with E-state index in [1.807, 2.05) is 23.5 Å². The zero-order valence-electron chi connectivity index (χ0n) is 11.6. The molecule has 1 aliphatic heterocycles. The molecule has 0 saturated carbocycles. The topological polar surface area (TPSA) is 86.9 Å². The predicted molar refractivity (Wildman–Crippen MR) is 84.8 cm³/mol. The number of nitrogens with one attached hydrogen (secondary N) is 3. The summed E-state index contributed by atoms with van der Waals surface area (Å²) < 4.78 is 27.6. The van der Waals surface area contributed by atoms with Crippen LogP contribution in [0.2, 0.25) is 0 Å². The van der Waals surface area contributed by atoms with Crippen LogP contribution in [0.1, 0.15) is 11.4 Å². The Kier molecular flexibility index (Phi) is 5.79. The van der Waals surface area contributed by atoms with Crippen LogP contribution < -0.4 is 10.0 Å². The second-order valence-corrected chi connectivity index (χ2v) is 8.84. The summed E-state index contributed by atoms with van der Waals surface area (Å²) in [6.07, 6.45) is 0. The number of hydrogen-bond donors (Lipinski definition) is 3. The molecule has 1 aromatic rings. The molecule has 0 bridgehead atoms. The number of H-pyrrole nitrogens is 1. The fourth-order valence-corrected chi connectivity index (χ4v) is 6.20. The van der Waals surface area contributed by atoms with Crippen molar-refractivity contribution < 1.29 is 8.42 Å². The molecule has 2 rings (SSSR count). The van der Waals surface area contributed by atoms with Gasteiger partial charge in [0.25, 0.3) is 0 Å². The molecule has 2 heterocycles. The van der Waals surface area contributed by atoms with E-state index in [1.165, 1.54) is 0 Å². The Balaban J connectivity index is 2.07. The third-order valence-electron chi connectivity index (χ3n) is 2.96. The second-order valence-electron chi connectivity index (χ2n) is 4.57. The molecule has 0 aliphatic carbocycles. The van der Waals surface area contributed by atoms with Crippen LogP contribution in [0.3, 0.4) is 0 Å². The SMILES string of the molecule is CNCc1n[nH]c(C)c1S(=O)(=O)NCC1CSCCS1. The van der Waals surface area contributed by atoms with Crippen molar-refractivity contribution in [1.29, 1.82) is 0 Å². The van der Waals surface area contributed by atoms with Gasteiger partial charge in [0.1, 0.15) is 4.90 Å². The first-order chi connectivity index (χ1) is 9.54. The van der Waals surface area contributed by atoms with E-state index in [9.17, 15) is 8.42 Å². The molecule has 1 aliphatic rings. The maximum atomic E-state index is 12.4. The second kappa shape index (κ2) is 7.17. The first-order valence-electron chi connectivity index (χ1n) is 6.42. The Morgan fingerprint density at radius 2 is 2.25 bits per heavy atom. The van der Waals surface area contributed by atoms with Gasteiger partial charge in [0.15, 0.2) is 0 Å². The van der Waals surface area contributed by atoms with Crippen LogP contribution in [0.5, 0.6) is 0 Å². The standard InChI is InChI=1S/C11H20N4O2S3/c1-8-11(10(6-12-2)15-14-8)20(16,17)13-5-9-7-18-3-4-19-9/h9,12-13H,3-7H2,1-2H3,(H,14,15). The molecule has 3 N–H and O–H groups in total. The van der Waals surface area contributed by atoms with Gasteiger partial charge in [-0.25, -0.2) is 13.1 Å². The van der Waals surface area contributed by atoms with E-state index in [1.54, 1.807) is 14.0 Å². The smallest absolute Gasteiger partial charge is 0.244 e. The van der Waals surface area contributed by atoms with Crippen molar-refractivity contribution in [2.24, 2.45) is 0 Å². The van der Waals surface area contributed by atoms with Gasteiger partial charge in [0.05, 0.1) is 11.4 Å². The molecule has 0 amide bonds. The summed E-state index contributed by atoms with van der Waals surface area (Å²) in [6, 6.07) is 0. The highest BCUT2D eigenvalue weighted by atomic mass is 32.2. The summed E-state index contributed by atoms with van der Waals surface area (Å²) in [5.41, 5.74) is 1.11. The lowest BCUT2D eigenvalue weighted by atomic mass is 10.4. The van der Waals surface area contributed by atoms with Gasteiger partial charge in [-0.1, -0.05) is 0 Å². The fraction of sp³-hybridized carbons (Fsp3) is 0.727. The van der Waals surface area contributed by atoms with Crippen molar-refractivity contribution in [3.63, 3.8) is 0 Å². The van der Waals surface area contributed by atoms with Gasteiger partial charge in [0, 0.05) is 35.6 Å². The Morgan fingerprint density at radius 3 is 2.90 bits per heavy atom. The zero-order valence-corrected chi connectivity index (χ0v) is 14.1. The third kappa shape index (κ3) is 3.91. The Labute approximate surface area is 128 Å². The average molecular weight is 337 g/mol. The Bertz CT molecular complexity index is 538. The van der Waals surface area contributed by atoms with Gasteiger partial charge in [-0.15, -0.1) is 0 Å². The van der Waals surface area contributed by atoms with Gasteiger partial charge in [-0.3, -0.25) is 5.10 Å². The van der Waals surface area contributed by atoms with E-state index >= 15 is 0 Å². The molecule has 1 saturated heterocycles. The molecule has 1 fully saturated rings. The summed E-state index contributed by atoms with van der Waals surface area (Å²) in [4.78, 5) is 0.278. The number of aromatic amines is 1. The lowest BCUT2D eigenvalue weighted by Crippen LogP contribution is -2.34. The molecule has 6 nitrogen and oxygen atoms in total. The third-order valence-corrected chi connectivity index (χ3v) is 7.43. The summed E-state index contributed by atoms with van der Waals surface area (Å²) in [6.45, 7) is 2.63. The van der Waals surface area contributed by atoms with E-state index in [-0.39, 0.29) is 4.90 Å². The molecule has 1 unspecified atom stereocenters. The molecule has 9 heteroatoms. The summed E-state index contributed by atoms with van der Waals surface area (Å²) >= 11 is 3.72. The van der Waals surface area contributed by atoms with Crippen molar-refractivity contribution in [2.45, 2.75) is 23.6 Å². The van der Waals surface area contributed by atoms with Gasteiger partial charge >= 0.3 is 0 Å². The van der Waals surface area contributed by atoms with Crippen molar-refractivity contribution in [1.82, 2.24) is 20.2 Å². The van der Waals surface area contributed by atoms with E-state index in [4.69, 9.17) is 0 Å². The molecule has 1 aromatic heterocycles. The van der Waals surface area contributed by atoms with E-state index in [0.29, 0.717) is 29.7 Å². The highest BCUT2D eigenvalue weighted by Gasteiger charge is 2.25. The number of hydrogen-bond acceptors (Lipinski definition) is 6. The van der Waals surface area contributed by atoms with Crippen LogP contribution in [0.25, 0.3) is 0 Å². The van der Waals surface area contributed by atoms with Gasteiger partial charge < -0.3 is 5.32 Å². The maximum absolute atomic E-state index is 12.4. The predicted octanol–water partition coefficient (Wildman–Crippen LogP) is 0.564. The van der Waals surface area contributed by atoms with E-state index in [0.717, 1.165) is 17.3 Å². The molecular formula is C11H20N4O2S3. The highest BCUT2D eigenvalue weighted by molar-refractivity contribution is 8.06. The van der Waals surface area contributed by atoms with Crippen LogP contribution in [0.4, 0.5) is 0 Å². The van der Waals surface area contributed by atoms with E-state index < -0.39 is 10.0 Å². The van der Waals surface area contributed by atoms with E-state index in [2.05, 4.69) is 20.2 Å². The normalized spacial score (nSPS) is 20.2. The number of aromatic nitrogens is 2. The molecular weight excluding hydrogens is 316 g/mol. The zero-order chi connectivity index (χ0) is 14.6. The minimum Gasteiger partial charge on any atom is -0.314 e. The van der Waals surface area contributed by atoms with Crippen molar-refractivity contribution in [3.8, 4) is 0 Å². The fourth-order valence-electron chi connectivity index (χ4n) is 2.04. The minimum atomic E-state index is -3.51.